The first-order valence-corrected chi connectivity index (χ1v) is 4.90. The van der Waals surface area contributed by atoms with Crippen LogP contribution in [-0.2, 0) is 14.3 Å². The van der Waals surface area contributed by atoms with Gasteiger partial charge in [0.15, 0.2) is 6.10 Å². The standard InChI is InChI=1S/C9H12O3S/c1-3-12-9(10)8(11-2)7-5-4-6-13-7/h4-6,8H,3H2,1-2H3. The molecular weight excluding hydrogens is 188 g/mol. The van der Waals surface area contributed by atoms with Crippen LogP contribution in [-0.4, -0.2) is 19.7 Å². The van der Waals surface area contributed by atoms with Gasteiger partial charge in [0.05, 0.1) is 6.61 Å². The fraction of sp³-hybridized carbons (Fsp3) is 0.444. The third-order valence-electron chi connectivity index (χ3n) is 1.54. The number of thiophene rings is 1. The molecule has 3 nitrogen and oxygen atoms in total. The second-order valence-corrected chi connectivity index (χ2v) is 3.36. The Morgan fingerprint density at radius 2 is 2.46 bits per heavy atom. The first-order valence-electron chi connectivity index (χ1n) is 4.02. The maximum absolute atomic E-state index is 11.3. The zero-order valence-corrected chi connectivity index (χ0v) is 8.47. The van der Waals surface area contributed by atoms with Crippen LogP contribution in [0.5, 0.6) is 0 Å². The Hall–Kier alpha value is -0.870. The molecule has 13 heavy (non-hydrogen) atoms. The first-order chi connectivity index (χ1) is 6.29. The van der Waals surface area contributed by atoms with E-state index in [0.717, 1.165) is 4.88 Å². The summed E-state index contributed by atoms with van der Waals surface area (Å²) < 4.78 is 9.91. The van der Waals surface area contributed by atoms with E-state index in [2.05, 4.69) is 0 Å². The van der Waals surface area contributed by atoms with Gasteiger partial charge in [0, 0.05) is 12.0 Å². The van der Waals surface area contributed by atoms with E-state index in [0.29, 0.717) is 6.61 Å². The molecule has 72 valence electrons. The van der Waals surface area contributed by atoms with Gasteiger partial charge in [-0.1, -0.05) is 6.07 Å². The summed E-state index contributed by atoms with van der Waals surface area (Å²) in [5.41, 5.74) is 0. The fourth-order valence-corrected chi connectivity index (χ4v) is 1.77. The predicted molar refractivity (Wildman–Crippen MR) is 50.7 cm³/mol. The zero-order valence-electron chi connectivity index (χ0n) is 7.65. The number of carbonyl (C=O) groups is 1. The van der Waals surface area contributed by atoms with Gasteiger partial charge in [0.1, 0.15) is 0 Å². The van der Waals surface area contributed by atoms with E-state index in [9.17, 15) is 4.79 Å². The van der Waals surface area contributed by atoms with Crippen LogP contribution in [0.25, 0.3) is 0 Å². The Bertz CT molecular complexity index is 256. The number of hydrogen-bond donors (Lipinski definition) is 0. The van der Waals surface area contributed by atoms with Gasteiger partial charge in [-0.05, 0) is 18.4 Å². The molecule has 0 N–H and O–H groups in total. The molecular formula is C9H12O3S. The van der Waals surface area contributed by atoms with Crippen LogP contribution in [0.4, 0.5) is 0 Å². The van der Waals surface area contributed by atoms with Crippen molar-refractivity contribution in [2.75, 3.05) is 13.7 Å². The van der Waals surface area contributed by atoms with Gasteiger partial charge in [0.2, 0.25) is 0 Å². The second kappa shape index (κ2) is 4.99. The lowest BCUT2D eigenvalue weighted by Crippen LogP contribution is -2.16. The van der Waals surface area contributed by atoms with E-state index in [1.165, 1.54) is 18.4 Å². The monoisotopic (exact) mass is 200 g/mol. The molecule has 0 aromatic carbocycles. The third-order valence-corrected chi connectivity index (χ3v) is 2.45. The van der Waals surface area contributed by atoms with Crippen molar-refractivity contribution in [2.45, 2.75) is 13.0 Å². The highest BCUT2D eigenvalue weighted by Gasteiger charge is 2.21. The second-order valence-electron chi connectivity index (χ2n) is 2.38. The smallest absolute Gasteiger partial charge is 0.340 e. The summed E-state index contributed by atoms with van der Waals surface area (Å²) in [6, 6.07) is 3.74. The number of carbonyl (C=O) groups excluding carboxylic acids is 1. The normalized spacial score (nSPS) is 12.5. The average Bonchev–Trinajstić information content (AvgIpc) is 2.59. The molecule has 0 aliphatic carbocycles. The summed E-state index contributed by atoms with van der Waals surface area (Å²) in [5, 5.41) is 1.90. The fourth-order valence-electron chi connectivity index (χ4n) is 0.987. The molecule has 4 heteroatoms. The molecule has 0 fully saturated rings. The van der Waals surface area contributed by atoms with Gasteiger partial charge < -0.3 is 9.47 Å². The SMILES string of the molecule is CCOC(=O)C(OC)c1cccs1. The maximum Gasteiger partial charge on any atom is 0.340 e. The lowest BCUT2D eigenvalue weighted by Gasteiger charge is -2.11. The third kappa shape index (κ3) is 2.54. The van der Waals surface area contributed by atoms with Crippen molar-refractivity contribution in [1.82, 2.24) is 0 Å². The Balaban J connectivity index is 2.68. The van der Waals surface area contributed by atoms with Crippen LogP contribution in [0.15, 0.2) is 17.5 Å². The van der Waals surface area contributed by atoms with E-state index >= 15 is 0 Å². The minimum absolute atomic E-state index is 0.326. The number of methoxy groups -OCH3 is 1. The Kier molecular flexibility index (Phi) is 3.92. The summed E-state index contributed by atoms with van der Waals surface area (Å²) in [6.07, 6.45) is -0.569. The Morgan fingerprint density at radius 1 is 1.69 bits per heavy atom. The van der Waals surface area contributed by atoms with Crippen LogP contribution in [0.3, 0.4) is 0 Å². The van der Waals surface area contributed by atoms with E-state index in [1.807, 2.05) is 17.5 Å². The van der Waals surface area contributed by atoms with Gasteiger partial charge in [-0.2, -0.15) is 0 Å². The zero-order chi connectivity index (χ0) is 9.68. The molecule has 0 spiro atoms. The van der Waals surface area contributed by atoms with Crippen LogP contribution in [0.2, 0.25) is 0 Å². The Morgan fingerprint density at radius 3 is 2.92 bits per heavy atom. The van der Waals surface area contributed by atoms with E-state index < -0.39 is 6.10 Å². The molecule has 0 bridgehead atoms. The van der Waals surface area contributed by atoms with Gasteiger partial charge in [0.25, 0.3) is 0 Å². The molecule has 1 atom stereocenters. The lowest BCUT2D eigenvalue weighted by molar-refractivity contribution is -0.155. The van der Waals surface area contributed by atoms with Crippen LogP contribution < -0.4 is 0 Å². The van der Waals surface area contributed by atoms with Gasteiger partial charge in [-0.3, -0.25) is 0 Å². The van der Waals surface area contributed by atoms with Gasteiger partial charge in [-0.15, -0.1) is 11.3 Å². The molecule has 0 radical (unpaired) electrons. The summed E-state index contributed by atoms with van der Waals surface area (Å²) in [4.78, 5) is 12.2. The summed E-state index contributed by atoms with van der Waals surface area (Å²) in [7, 11) is 1.50. The highest BCUT2D eigenvalue weighted by atomic mass is 32.1. The molecule has 0 aliphatic heterocycles. The molecule has 1 aromatic heterocycles. The summed E-state index contributed by atoms with van der Waals surface area (Å²) in [5.74, 6) is -0.326. The highest BCUT2D eigenvalue weighted by molar-refractivity contribution is 7.10. The van der Waals surface area contributed by atoms with E-state index in [4.69, 9.17) is 9.47 Å². The predicted octanol–water partition coefficient (Wildman–Crippen LogP) is 2.00. The molecule has 0 aliphatic rings. The quantitative estimate of drug-likeness (QED) is 0.697. The lowest BCUT2D eigenvalue weighted by atomic mass is 10.3. The van der Waals surface area contributed by atoms with Gasteiger partial charge in [-0.25, -0.2) is 4.79 Å². The first kappa shape index (κ1) is 10.2. The van der Waals surface area contributed by atoms with Crippen molar-refractivity contribution in [3.8, 4) is 0 Å². The number of hydrogen-bond acceptors (Lipinski definition) is 4. The number of esters is 1. The molecule has 0 saturated carbocycles. The molecule has 1 rings (SSSR count). The van der Waals surface area contributed by atoms with E-state index in [1.54, 1.807) is 6.92 Å². The van der Waals surface area contributed by atoms with Crippen LogP contribution in [0, 0.1) is 0 Å². The van der Waals surface area contributed by atoms with Crippen LogP contribution >= 0.6 is 11.3 Å². The average molecular weight is 200 g/mol. The number of rotatable bonds is 4. The van der Waals surface area contributed by atoms with Crippen molar-refractivity contribution in [2.24, 2.45) is 0 Å². The molecule has 1 heterocycles. The largest absolute Gasteiger partial charge is 0.464 e. The molecule has 1 aromatic rings. The van der Waals surface area contributed by atoms with Gasteiger partial charge >= 0.3 is 5.97 Å². The van der Waals surface area contributed by atoms with Crippen molar-refractivity contribution >= 4 is 17.3 Å². The minimum Gasteiger partial charge on any atom is -0.464 e. The maximum atomic E-state index is 11.3. The molecule has 0 amide bonds. The van der Waals surface area contributed by atoms with Crippen molar-refractivity contribution in [3.05, 3.63) is 22.4 Å². The minimum atomic E-state index is -0.569. The number of ether oxygens (including phenoxy) is 2. The Labute approximate surface area is 81.3 Å². The van der Waals surface area contributed by atoms with Crippen molar-refractivity contribution in [3.63, 3.8) is 0 Å². The molecule has 0 saturated heterocycles. The van der Waals surface area contributed by atoms with E-state index in [-0.39, 0.29) is 5.97 Å². The van der Waals surface area contributed by atoms with Crippen LogP contribution in [0.1, 0.15) is 17.9 Å². The van der Waals surface area contributed by atoms with Crippen molar-refractivity contribution < 1.29 is 14.3 Å². The summed E-state index contributed by atoms with van der Waals surface area (Å²) >= 11 is 1.48. The summed E-state index contributed by atoms with van der Waals surface area (Å²) in [6.45, 7) is 2.16. The molecule has 1 unspecified atom stereocenters. The topological polar surface area (TPSA) is 35.5 Å². The highest BCUT2D eigenvalue weighted by Crippen LogP contribution is 2.22. The van der Waals surface area contributed by atoms with Crippen molar-refractivity contribution in [1.29, 1.82) is 0 Å².